The third kappa shape index (κ3) is 4.14. The van der Waals surface area contributed by atoms with Gasteiger partial charge in [0.15, 0.2) is 0 Å². The first kappa shape index (κ1) is 17.1. The van der Waals surface area contributed by atoms with Crippen LogP contribution in [0.3, 0.4) is 0 Å². The molecule has 0 spiro atoms. The second-order valence-electron chi connectivity index (χ2n) is 5.29. The maximum absolute atomic E-state index is 12.9. The molecule has 2 amide bonds. The lowest BCUT2D eigenvalue weighted by Gasteiger charge is -2.34. The number of carbonyl (C=O) groups excluding carboxylic acids is 2. The van der Waals surface area contributed by atoms with Crippen LogP contribution in [0.5, 0.6) is 0 Å². The number of carbonyl (C=O) groups is 2. The quantitative estimate of drug-likeness (QED) is 0.905. The molecule has 1 aliphatic rings. The number of anilines is 1. The molecule has 1 N–H and O–H groups in total. The Balaban J connectivity index is 2.18. The van der Waals surface area contributed by atoms with Gasteiger partial charge in [0.2, 0.25) is 0 Å². The minimum absolute atomic E-state index is 0.0232. The number of amides is 2. The highest BCUT2D eigenvalue weighted by atomic mass is 19.4. The Morgan fingerprint density at radius 1 is 1.30 bits per heavy atom. The van der Waals surface area contributed by atoms with Crippen molar-refractivity contribution < 1.29 is 27.5 Å². The average molecular weight is 330 g/mol. The lowest BCUT2D eigenvalue weighted by Crippen LogP contribution is -2.44. The number of para-hydroxylation sites is 1. The maximum atomic E-state index is 12.9. The average Bonchev–Trinajstić information content (AvgIpc) is 2.54. The molecule has 1 unspecified atom stereocenters. The zero-order chi connectivity index (χ0) is 17.0. The molecular formula is C15H17F3N2O3. The van der Waals surface area contributed by atoms with E-state index in [-0.39, 0.29) is 30.8 Å². The minimum atomic E-state index is -4.32. The highest BCUT2D eigenvalue weighted by molar-refractivity contribution is 6.02. The monoisotopic (exact) mass is 330 g/mol. The van der Waals surface area contributed by atoms with E-state index in [1.54, 1.807) is 12.1 Å². The van der Waals surface area contributed by atoms with Gasteiger partial charge in [-0.3, -0.25) is 10.1 Å². The van der Waals surface area contributed by atoms with Gasteiger partial charge in [-0.2, -0.15) is 13.2 Å². The first-order chi connectivity index (χ1) is 10.8. The fourth-order valence-corrected chi connectivity index (χ4v) is 2.54. The molecule has 0 aliphatic carbocycles. The number of ether oxygens (including phenoxy) is 1. The molecule has 1 aliphatic heterocycles. The van der Waals surface area contributed by atoms with E-state index in [9.17, 15) is 22.8 Å². The van der Waals surface area contributed by atoms with Gasteiger partial charge in [-0.1, -0.05) is 12.1 Å². The van der Waals surface area contributed by atoms with Gasteiger partial charge in [-0.15, -0.1) is 0 Å². The first-order valence-electron chi connectivity index (χ1n) is 7.13. The van der Waals surface area contributed by atoms with E-state index in [1.807, 2.05) is 0 Å². The number of benzene rings is 1. The molecule has 8 heteroatoms. The van der Waals surface area contributed by atoms with Crippen molar-refractivity contribution >= 4 is 17.7 Å². The number of piperidine rings is 1. The first-order valence-corrected chi connectivity index (χ1v) is 7.13. The standard InChI is InChI=1S/C15H17F3N2O3/c1-23-14(22)19-12-7-3-2-6-11(12)13(21)20-8-4-5-10(9-20)15(16,17)18/h2-3,6-7,10H,4-5,8-9H2,1H3,(H,19,22). The van der Waals surface area contributed by atoms with Crippen LogP contribution in [0.15, 0.2) is 24.3 Å². The van der Waals surface area contributed by atoms with Gasteiger partial charge in [0.05, 0.1) is 24.3 Å². The summed E-state index contributed by atoms with van der Waals surface area (Å²) >= 11 is 0. The molecule has 1 aromatic rings. The number of methoxy groups -OCH3 is 1. The third-order valence-electron chi connectivity index (χ3n) is 3.75. The lowest BCUT2D eigenvalue weighted by molar-refractivity contribution is -0.184. The molecule has 2 rings (SSSR count). The van der Waals surface area contributed by atoms with Gasteiger partial charge in [-0.05, 0) is 25.0 Å². The van der Waals surface area contributed by atoms with Gasteiger partial charge in [0.1, 0.15) is 0 Å². The Kier molecular flexibility index (Phi) is 5.12. The number of nitrogens with zero attached hydrogens (tertiary/aromatic N) is 1. The van der Waals surface area contributed by atoms with Crippen LogP contribution >= 0.6 is 0 Å². The van der Waals surface area contributed by atoms with Gasteiger partial charge < -0.3 is 9.64 Å². The summed E-state index contributed by atoms with van der Waals surface area (Å²) in [5.41, 5.74) is 0.346. The molecule has 1 fully saturated rings. The van der Waals surface area contributed by atoms with Crippen LogP contribution in [0.25, 0.3) is 0 Å². The van der Waals surface area contributed by atoms with Crippen LogP contribution in [-0.4, -0.2) is 43.3 Å². The summed E-state index contributed by atoms with van der Waals surface area (Å²) in [6.45, 7) is -0.104. The van der Waals surface area contributed by atoms with Crippen molar-refractivity contribution in [2.75, 3.05) is 25.5 Å². The summed E-state index contributed by atoms with van der Waals surface area (Å²) in [6.07, 6.45) is -4.75. The van der Waals surface area contributed by atoms with E-state index in [4.69, 9.17) is 0 Å². The lowest BCUT2D eigenvalue weighted by atomic mass is 9.96. The Bertz CT molecular complexity index is 590. The Labute approximate surface area is 131 Å². The van der Waals surface area contributed by atoms with Crippen molar-refractivity contribution in [3.8, 4) is 0 Å². The number of rotatable bonds is 2. The molecule has 0 radical (unpaired) electrons. The highest BCUT2D eigenvalue weighted by Crippen LogP contribution is 2.34. The number of alkyl halides is 3. The van der Waals surface area contributed by atoms with Gasteiger partial charge in [-0.25, -0.2) is 4.79 Å². The zero-order valence-corrected chi connectivity index (χ0v) is 12.5. The van der Waals surface area contributed by atoms with Gasteiger partial charge in [0.25, 0.3) is 5.91 Å². The molecule has 0 aromatic heterocycles. The summed E-state index contributed by atoms with van der Waals surface area (Å²) in [5, 5.41) is 2.39. The summed E-state index contributed by atoms with van der Waals surface area (Å²) in [7, 11) is 1.18. The summed E-state index contributed by atoms with van der Waals surface area (Å²) in [4.78, 5) is 25.0. The largest absolute Gasteiger partial charge is 0.453 e. The summed E-state index contributed by atoms with van der Waals surface area (Å²) in [5.74, 6) is -2.05. The smallest absolute Gasteiger partial charge is 0.411 e. The van der Waals surface area contributed by atoms with E-state index in [1.165, 1.54) is 24.1 Å². The van der Waals surface area contributed by atoms with Crippen molar-refractivity contribution in [2.45, 2.75) is 19.0 Å². The minimum Gasteiger partial charge on any atom is -0.453 e. The van der Waals surface area contributed by atoms with Crippen LogP contribution in [0.4, 0.5) is 23.7 Å². The van der Waals surface area contributed by atoms with Gasteiger partial charge >= 0.3 is 12.3 Å². The van der Waals surface area contributed by atoms with Crippen LogP contribution in [0.2, 0.25) is 0 Å². The molecule has 1 saturated heterocycles. The van der Waals surface area contributed by atoms with Crippen LogP contribution < -0.4 is 5.32 Å². The predicted octanol–water partition coefficient (Wildman–Crippen LogP) is 3.28. The van der Waals surface area contributed by atoms with E-state index in [0.29, 0.717) is 6.42 Å². The third-order valence-corrected chi connectivity index (χ3v) is 3.75. The van der Waals surface area contributed by atoms with Crippen molar-refractivity contribution in [1.29, 1.82) is 0 Å². The Hall–Kier alpha value is -2.25. The number of halogens is 3. The normalized spacial score (nSPS) is 18.4. The number of likely N-dealkylation sites (tertiary alicyclic amines) is 1. The van der Waals surface area contributed by atoms with E-state index in [0.717, 1.165) is 0 Å². The number of hydrogen-bond acceptors (Lipinski definition) is 3. The maximum Gasteiger partial charge on any atom is 0.411 e. The van der Waals surface area contributed by atoms with Gasteiger partial charge in [0, 0.05) is 13.1 Å². The molecule has 0 bridgehead atoms. The van der Waals surface area contributed by atoms with Crippen molar-refractivity contribution in [3.05, 3.63) is 29.8 Å². The molecule has 0 saturated carbocycles. The topological polar surface area (TPSA) is 58.6 Å². The fraction of sp³-hybridized carbons (Fsp3) is 0.467. The van der Waals surface area contributed by atoms with E-state index in [2.05, 4.69) is 10.1 Å². The van der Waals surface area contributed by atoms with Crippen LogP contribution in [-0.2, 0) is 4.74 Å². The molecule has 23 heavy (non-hydrogen) atoms. The Morgan fingerprint density at radius 2 is 2.00 bits per heavy atom. The summed E-state index contributed by atoms with van der Waals surface area (Å²) < 4.78 is 43.1. The SMILES string of the molecule is COC(=O)Nc1ccccc1C(=O)N1CCCC(C(F)(F)F)C1. The number of hydrogen-bond donors (Lipinski definition) is 1. The zero-order valence-electron chi connectivity index (χ0n) is 12.5. The second kappa shape index (κ2) is 6.89. The van der Waals surface area contributed by atoms with E-state index >= 15 is 0 Å². The summed E-state index contributed by atoms with van der Waals surface area (Å²) in [6, 6.07) is 6.15. The fourth-order valence-electron chi connectivity index (χ4n) is 2.54. The highest BCUT2D eigenvalue weighted by Gasteiger charge is 2.42. The van der Waals surface area contributed by atoms with Crippen molar-refractivity contribution in [1.82, 2.24) is 4.90 Å². The molecule has 5 nitrogen and oxygen atoms in total. The molecule has 1 heterocycles. The van der Waals surface area contributed by atoms with Crippen molar-refractivity contribution in [2.24, 2.45) is 5.92 Å². The van der Waals surface area contributed by atoms with Crippen molar-refractivity contribution in [3.63, 3.8) is 0 Å². The molecule has 1 atom stereocenters. The van der Waals surface area contributed by atoms with Crippen LogP contribution in [0, 0.1) is 5.92 Å². The molecule has 1 aromatic carbocycles. The van der Waals surface area contributed by atoms with E-state index < -0.39 is 24.1 Å². The van der Waals surface area contributed by atoms with Crippen LogP contribution in [0.1, 0.15) is 23.2 Å². The number of nitrogens with one attached hydrogen (secondary N) is 1. The molecular weight excluding hydrogens is 313 g/mol. The predicted molar refractivity (Wildman–Crippen MR) is 77.2 cm³/mol. The second-order valence-corrected chi connectivity index (χ2v) is 5.29. The Morgan fingerprint density at radius 3 is 2.65 bits per heavy atom. The molecule has 126 valence electrons.